The highest BCUT2D eigenvalue weighted by Gasteiger charge is 2.00. The van der Waals surface area contributed by atoms with E-state index in [1.54, 1.807) is 19.1 Å². The maximum absolute atomic E-state index is 13.0. The van der Waals surface area contributed by atoms with Gasteiger partial charge in [0.05, 0.1) is 10.6 Å². The third-order valence-corrected chi connectivity index (χ3v) is 2.16. The first-order chi connectivity index (χ1) is 6.09. The minimum Gasteiger partial charge on any atom is -0.392 e. The molecular weight excluding hydrogens is 237 g/mol. The molecule has 0 aliphatic carbocycles. The van der Waals surface area contributed by atoms with Crippen molar-refractivity contribution in [2.24, 2.45) is 0 Å². The average Bonchev–Trinajstić information content (AvgIpc) is 2.07. The van der Waals surface area contributed by atoms with Crippen LogP contribution in [0.4, 0.5) is 10.1 Å². The van der Waals surface area contributed by atoms with Crippen LogP contribution in [0.1, 0.15) is 6.92 Å². The van der Waals surface area contributed by atoms with Crippen molar-refractivity contribution in [2.45, 2.75) is 13.0 Å². The van der Waals surface area contributed by atoms with Gasteiger partial charge in [-0.2, -0.15) is 0 Å². The zero-order valence-electron chi connectivity index (χ0n) is 7.22. The van der Waals surface area contributed by atoms with Gasteiger partial charge in [-0.25, -0.2) is 4.39 Å². The van der Waals surface area contributed by atoms with Crippen LogP contribution in [-0.2, 0) is 0 Å². The first-order valence-electron chi connectivity index (χ1n) is 3.96. The van der Waals surface area contributed by atoms with Gasteiger partial charge in [0.15, 0.2) is 0 Å². The van der Waals surface area contributed by atoms with Gasteiger partial charge in [-0.05, 0) is 41.1 Å². The Morgan fingerprint density at radius 1 is 1.62 bits per heavy atom. The Morgan fingerprint density at radius 3 is 2.85 bits per heavy atom. The second-order valence-corrected chi connectivity index (χ2v) is 3.71. The van der Waals surface area contributed by atoms with Crippen molar-refractivity contribution in [1.82, 2.24) is 0 Å². The molecule has 0 fully saturated rings. The largest absolute Gasteiger partial charge is 0.392 e. The molecule has 1 rings (SSSR count). The fraction of sp³-hybridized carbons (Fsp3) is 0.333. The summed E-state index contributed by atoms with van der Waals surface area (Å²) in [6, 6.07) is 4.75. The van der Waals surface area contributed by atoms with Gasteiger partial charge in [0.1, 0.15) is 5.82 Å². The van der Waals surface area contributed by atoms with Crippen molar-refractivity contribution >= 4 is 21.6 Å². The first-order valence-corrected chi connectivity index (χ1v) is 4.76. The lowest BCUT2D eigenvalue weighted by Crippen LogP contribution is -2.15. The lowest BCUT2D eigenvalue weighted by Gasteiger charge is -2.08. The fourth-order valence-electron chi connectivity index (χ4n) is 0.872. The summed E-state index contributed by atoms with van der Waals surface area (Å²) in [6.07, 6.45) is -0.438. The number of benzene rings is 1. The van der Waals surface area contributed by atoms with E-state index < -0.39 is 6.10 Å². The molecule has 72 valence electrons. The number of rotatable bonds is 3. The maximum Gasteiger partial charge on any atom is 0.139 e. The molecule has 2 N–H and O–H groups in total. The molecule has 0 spiro atoms. The second-order valence-electron chi connectivity index (χ2n) is 2.86. The molecule has 2 nitrogen and oxygen atoms in total. The van der Waals surface area contributed by atoms with E-state index in [9.17, 15) is 4.39 Å². The molecule has 0 saturated heterocycles. The second kappa shape index (κ2) is 4.58. The summed E-state index contributed by atoms with van der Waals surface area (Å²) in [4.78, 5) is 0. The highest BCUT2D eigenvalue weighted by Crippen LogP contribution is 2.19. The van der Waals surface area contributed by atoms with Crippen molar-refractivity contribution in [2.75, 3.05) is 11.9 Å². The molecular formula is C9H11BrFNO. The molecule has 0 aliphatic heterocycles. The summed E-state index contributed by atoms with van der Waals surface area (Å²) in [6.45, 7) is 2.09. The van der Waals surface area contributed by atoms with E-state index in [2.05, 4.69) is 21.2 Å². The number of aliphatic hydroxyl groups excluding tert-OH is 1. The van der Waals surface area contributed by atoms with E-state index in [0.29, 0.717) is 16.7 Å². The minimum atomic E-state index is -0.438. The molecule has 0 aromatic heterocycles. The molecule has 0 aliphatic rings. The minimum absolute atomic E-state index is 0.310. The topological polar surface area (TPSA) is 32.3 Å². The van der Waals surface area contributed by atoms with Gasteiger partial charge in [0.2, 0.25) is 0 Å². The molecule has 0 radical (unpaired) electrons. The van der Waals surface area contributed by atoms with Gasteiger partial charge in [0, 0.05) is 12.2 Å². The van der Waals surface area contributed by atoms with Crippen molar-refractivity contribution in [3.63, 3.8) is 0 Å². The SMILES string of the molecule is CC(O)CNc1ccc(Br)c(F)c1. The normalized spacial score (nSPS) is 12.6. The zero-order chi connectivity index (χ0) is 9.84. The third-order valence-electron chi connectivity index (χ3n) is 1.52. The summed E-state index contributed by atoms with van der Waals surface area (Å²) in [5, 5.41) is 11.9. The summed E-state index contributed by atoms with van der Waals surface area (Å²) in [7, 11) is 0. The Kier molecular flexibility index (Phi) is 3.69. The Balaban J connectivity index is 2.63. The van der Waals surface area contributed by atoms with Crippen LogP contribution in [-0.4, -0.2) is 17.8 Å². The summed E-state index contributed by atoms with van der Waals surface area (Å²) in [5.41, 5.74) is 0.668. The van der Waals surface area contributed by atoms with Crippen LogP contribution in [0.2, 0.25) is 0 Å². The van der Waals surface area contributed by atoms with Gasteiger partial charge in [-0.1, -0.05) is 0 Å². The number of halogens is 2. The molecule has 0 heterocycles. The van der Waals surface area contributed by atoms with Crippen molar-refractivity contribution < 1.29 is 9.50 Å². The lowest BCUT2D eigenvalue weighted by molar-refractivity contribution is 0.208. The molecule has 0 amide bonds. The number of aliphatic hydroxyl groups is 1. The number of hydrogen-bond donors (Lipinski definition) is 2. The van der Waals surface area contributed by atoms with Crippen LogP contribution in [0.3, 0.4) is 0 Å². The summed E-state index contributed by atoms with van der Waals surface area (Å²) in [5.74, 6) is -0.310. The summed E-state index contributed by atoms with van der Waals surface area (Å²) < 4.78 is 13.4. The maximum atomic E-state index is 13.0. The average molecular weight is 248 g/mol. The molecule has 0 saturated carbocycles. The molecule has 13 heavy (non-hydrogen) atoms. The zero-order valence-corrected chi connectivity index (χ0v) is 8.81. The van der Waals surface area contributed by atoms with Crippen molar-refractivity contribution in [3.05, 3.63) is 28.5 Å². The van der Waals surface area contributed by atoms with E-state index in [4.69, 9.17) is 5.11 Å². The van der Waals surface area contributed by atoms with Gasteiger partial charge < -0.3 is 10.4 Å². The Hall–Kier alpha value is -0.610. The standard InChI is InChI=1S/C9H11BrFNO/c1-6(13)5-12-7-2-3-8(10)9(11)4-7/h2-4,6,12-13H,5H2,1H3. The van der Waals surface area contributed by atoms with Crippen molar-refractivity contribution in [1.29, 1.82) is 0 Å². The third kappa shape index (κ3) is 3.32. The van der Waals surface area contributed by atoms with E-state index in [1.807, 2.05) is 0 Å². The molecule has 4 heteroatoms. The lowest BCUT2D eigenvalue weighted by atomic mass is 10.3. The number of nitrogens with one attached hydrogen (secondary N) is 1. The quantitative estimate of drug-likeness (QED) is 0.860. The Morgan fingerprint density at radius 2 is 2.31 bits per heavy atom. The van der Waals surface area contributed by atoms with E-state index in [0.717, 1.165) is 0 Å². The van der Waals surface area contributed by atoms with Crippen LogP contribution >= 0.6 is 15.9 Å². The Bertz CT molecular complexity index is 291. The highest BCUT2D eigenvalue weighted by molar-refractivity contribution is 9.10. The van der Waals surface area contributed by atoms with Crippen LogP contribution in [0, 0.1) is 5.82 Å². The predicted octanol–water partition coefficient (Wildman–Crippen LogP) is 2.38. The smallest absolute Gasteiger partial charge is 0.139 e. The van der Waals surface area contributed by atoms with Crippen molar-refractivity contribution in [3.8, 4) is 0 Å². The fourth-order valence-corrected chi connectivity index (χ4v) is 1.12. The molecule has 1 aromatic carbocycles. The molecule has 1 atom stereocenters. The first kappa shape index (κ1) is 10.5. The van der Waals surface area contributed by atoms with E-state index in [1.165, 1.54) is 6.07 Å². The Labute approximate surface area is 84.9 Å². The number of anilines is 1. The van der Waals surface area contributed by atoms with Gasteiger partial charge in [-0.3, -0.25) is 0 Å². The van der Waals surface area contributed by atoms with Crippen LogP contribution < -0.4 is 5.32 Å². The van der Waals surface area contributed by atoms with Crippen LogP contribution in [0.15, 0.2) is 22.7 Å². The predicted molar refractivity (Wildman–Crippen MR) is 54.3 cm³/mol. The summed E-state index contributed by atoms with van der Waals surface area (Å²) >= 11 is 3.06. The number of hydrogen-bond acceptors (Lipinski definition) is 2. The van der Waals surface area contributed by atoms with Gasteiger partial charge in [0.25, 0.3) is 0 Å². The molecule has 1 unspecified atom stereocenters. The monoisotopic (exact) mass is 247 g/mol. The van der Waals surface area contributed by atoms with Crippen LogP contribution in [0.25, 0.3) is 0 Å². The highest BCUT2D eigenvalue weighted by atomic mass is 79.9. The van der Waals surface area contributed by atoms with Gasteiger partial charge >= 0.3 is 0 Å². The molecule has 0 bridgehead atoms. The van der Waals surface area contributed by atoms with E-state index in [-0.39, 0.29) is 5.82 Å². The van der Waals surface area contributed by atoms with Crippen LogP contribution in [0.5, 0.6) is 0 Å². The molecule has 1 aromatic rings. The van der Waals surface area contributed by atoms with E-state index >= 15 is 0 Å². The van der Waals surface area contributed by atoms with Gasteiger partial charge in [-0.15, -0.1) is 0 Å².